The topological polar surface area (TPSA) is 110 Å². The van der Waals surface area contributed by atoms with Crippen molar-refractivity contribution in [2.75, 3.05) is 19.8 Å². The van der Waals surface area contributed by atoms with Crippen LogP contribution in [0.1, 0.15) is 59.8 Å². The van der Waals surface area contributed by atoms with Gasteiger partial charge >= 0.3 is 5.97 Å². The Morgan fingerprint density at radius 3 is 2.68 bits per heavy atom. The molecule has 0 aromatic carbocycles. The van der Waals surface area contributed by atoms with Gasteiger partial charge in [0.05, 0.1) is 19.1 Å². The van der Waals surface area contributed by atoms with Crippen molar-refractivity contribution in [3.05, 3.63) is 23.8 Å². The molecule has 2 N–H and O–H groups in total. The number of aliphatic hydroxyl groups is 2. The van der Waals surface area contributed by atoms with Crippen LogP contribution in [0.4, 0.5) is 0 Å². The summed E-state index contributed by atoms with van der Waals surface area (Å²) < 4.78 is 11.2. The van der Waals surface area contributed by atoms with E-state index in [2.05, 4.69) is 13.8 Å². The Morgan fingerprint density at radius 1 is 1.26 bits per heavy atom. The van der Waals surface area contributed by atoms with Crippen LogP contribution in [-0.4, -0.2) is 59.3 Å². The Hall–Kier alpha value is -1.83. The summed E-state index contributed by atoms with van der Waals surface area (Å²) in [5, 5.41) is 21.5. The van der Waals surface area contributed by atoms with Gasteiger partial charge in [0.1, 0.15) is 6.61 Å². The number of aliphatic hydroxyl groups excluding tert-OH is 2. The quantitative estimate of drug-likeness (QED) is 0.431. The number of fused-ring (bicyclic) bond motifs is 5. The summed E-state index contributed by atoms with van der Waals surface area (Å²) in [5.41, 5.74) is -1.61. The van der Waals surface area contributed by atoms with Crippen LogP contribution in [-0.2, 0) is 23.9 Å². The summed E-state index contributed by atoms with van der Waals surface area (Å²) >= 11 is 0. The molecule has 0 spiro atoms. The first-order chi connectivity index (χ1) is 16.0. The normalized spacial score (nSPS) is 42.9. The summed E-state index contributed by atoms with van der Waals surface area (Å²) in [6, 6.07) is 0. The van der Waals surface area contributed by atoms with Crippen LogP contribution in [0, 0.1) is 34.5 Å². The van der Waals surface area contributed by atoms with Crippen LogP contribution in [0.3, 0.4) is 0 Å². The molecule has 188 valence electrons. The van der Waals surface area contributed by atoms with E-state index in [4.69, 9.17) is 9.47 Å². The molecule has 0 unspecified atom stereocenters. The van der Waals surface area contributed by atoms with Gasteiger partial charge in [-0.25, -0.2) is 0 Å². The third-order valence-corrected chi connectivity index (χ3v) is 9.47. The Balaban J connectivity index is 1.70. The van der Waals surface area contributed by atoms with Crippen molar-refractivity contribution in [3.8, 4) is 0 Å². The number of allylic oxidation sites excluding steroid dienone is 4. The number of esters is 1. The molecule has 0 aliphatic heterocycles. The molecular formula is C27H38O7. The standard InChI is InChI=1S/C27H38O7/c1-5-33-11-8-23(32)34-27(22(31)15-28)10-7-19-18-12-16(2)20-13-17(29)6-9-25(20,3)24(18)21(30)14-26(19,27)4/h6,9,13,16,18-19,21,24,28,30H,5,7-8,10-12,14-15H2,1-4H3/t16-,18-,19-,21-,24+,25-,26-,27-/m0/s1. The van der Waals surface area contributed by atoms with Crippen molar-refractivity contribution >= 4 is 17.5 Å². The van der Waals surface area contributed by atoms with E-state index in [1.165, 1.54) is 0 Å². The molecule has 0 bridgehead atoms. The van der Waals surface area contributed by atoms with E-state index in [0.29, 0.717) is 25.9 Å². The summed E-state index contributed by atoms with van der Waals surface area (Å²) in [6.45, 7) is 8.01. The van der Waals surface area contributed by atoms with Crippen LogP contribution in [0.2, 0.25) is 0 Å². The lowest BCUT2D eigenvalue weighted by molar-refractivity contribution is -0.201. The number of rotatable bonds is 7. The van der Waals surface area contributed by atoms with Gasteiger partial charge in [-0.3, -0.25) is 14.4 Å². The summed E-state index contributed by atoms with van der Waals surface area (Å²) in [7, 11) is 0. The maximum Gasteiger partial charge on any atom is 0.309 e. The maximum atomic E-state index is 13.2. The van der Waals surface area contributed by atoms with Gasteiger partial charge in [-0.05, 0) is 62.5 Å². The van der Waals surface area contributed by atoms with Gasteiger partial charge in [0, 0.05) is 23.4 Å². The van der Waals surface area contributed by atoms with Crippen molar-refractivity contribution in [1.29, 1.82) is 0 Å². The Labute approximate surface area is 201 Å². The lowest BCUT2D eigenvalue weighted by Crippen LogP contribution is -2.63. The highest BCUT2D eigenvalue weighted by atomic mass is 16.6. The minimum Gasteiger partial charge on any atom is -0.450 e. The molecule has 0 saturated heterocycles. The molecule has 3 saturated carbocycles. The van der Waals surface area contributed by atoms with Gasteiger partial charge in [0.15, 0.2) is 11.4 Å². The first-order valence-corrected chi connectivity index (χ1v) is 12.6. The molecule has 4 aliphatic rings. The summed E-state index contributed by atoms with van der Waals surface area (Å²) in [6.07, 6.45) is 6.70. The molecule has 0 aromatic heterocycles. The zero-order valence-electron chi connectivity index (χ0n) is 20.7. The Kier molecular flexibility index (Phi) is 6.68. The zero-order valence-corrected chi connectivity index (χ0v) is 20.7. The molecule has 0 radical (unpaired) electrons. The fraction of sp³-hybridized carbons (Fsp3) is 0.741. The third kappa shape index (κ3) is 3.62. The number of ketones is 2. The third-order valence-electron chi connectivity index (χ3n) is 9.47. The average Bonchev–Trinajstić information content (AvgIpc) is 3.07. The first kappa shape index (κ1) is 25.3. The number of carbonyl (C=O) groups is 3. The van der Waals surface area contributed by atoms with Crippen molar-refractivity contribution in [1.82, 2.24) is 0 Å². The molecule has 34 heavy (non-hydrogen) atoms. The second kappa shape index (κ2) is 8.99. The van der Waals surface area contributed by atoms with Gasteiger partial charge in [-0.1, -0.05) is 32.4 Å². The van der Waals surface area contributed by atoms with Crippen LogP contribution in [0.15, 0.2) is 23.8 Å². The van der Waals surface area contributed by atoms with Gasteiger partial charge in [-0.15, -0.1) is 0 Å². The predicted octanol–water partition coefficient (Wildman–Crippen LogP) is 2.78. The minimum absolute atomic E-state index is 0.0136. The lowest BCUT2D eigenvalue weighted by Gasteiger charge is -2.61. The molecule has 8 atom stereocenters. The fourth-order valence-corrected chi connectivity index (χ4v) is 8.09. The number of carbonyl (C=O) groups excluding carboxylic acids is 3. The van der Waals surface area contributed by atoms with Gasteiger partial charge in [0.25, 0.3) is 0 Å². The fourth-order valence-electron chi connectivity index (χ4n) is 8.09. The van der Waals surface area contributed by atoms with E-state index in [1.807, 2.05) is 19.9 Å². The van der Waals surface area contributed by atoms with Crippen LogP contribution >= 0.6 is 0 Å². The summed E-state index contributed by atoms with van der Waals surface area (Å²) in [5.74, 6) is -0.816. The Bertz CT molecular complexity index is 922. The number of Topliss-reactive ketones (excluding diaryl/α,β-unsaturated/α-hetero) is 1. The van der Waals surface area contributed by atoms with E-state index in [9.17, 15) is 24.6 Å². The number of hydrogen-bond donors (Lipinski definition) is 2. The molecule has 0 amide bonds. The van der Waals surface area contributed by atoms with E-state index in [-0.39, 0.29) is 42.5 Å². The van der Waals surface area contributed by atoms with E-state index in [0.717, 1.165) is 12.0 Å². The highest BCUT2D eigenvalue weighted by Crippen LogP contribution is 2.68. The van der Waals surface area contributed by atoms with E-state index < -0.39 is 40.9 Å². The van der Waals surface area contributed by atoms with Gasteiger partial charge in [0.2, 0.25) is 5.78 Å². The van der Waals surface area contributed by atoms with Gasteiger partial charge in [-0.2, -0.15) is 0 Å². The highest BCUT2D eigenvalue weighted by Gasteiger charge is 2.70. The molecule has 0 aromatic rings. The monoisotopic (exact) mass is 474 g/mol. The molecule has 3 fully saturated rings. The van der Waals surface area contributed by atoms with Crippen LogP contribution in [0.25, 0.3) is 0 Å². The largest absolute Gasteiger partial charge is 0.450 e. The zero-order chi connectivity index (χ0) is 24.9. The van der Waals surface area contributed by atoms with E-state index in [1.54, 1.807) is 12.2 Å². The van der Waals surface area contributed by atoms with Crippen molar-refractivity contribution in [3.63, 3.8) is 0 Å². The van der Waals surface area contributed by atoms with Crippen molar-refractivity contribution < 1.29 is 34.1 Å². The number of hydrogen-bond acceptors (Lipinski definition) is 7. The van der Waals surface area contributed by atoms with Crippen molar-refractivity contribution in [2.24, 2.45) is 34.5 Å². The highest BCUT2D eigenvalue weighted by molar-refractivity contribution is 6.01. The molecule has 7 heteroatoms. The van der Waals surface area contributed by atoms with Crippen LogP contribution < -0.4 is 0 Å². The second-order valence-electron chi connectivity index (χ2n) is 11.1. The predicted molar refractivity (Wildman–Crippen MR) is 125 cm³/mol. The van der Waals surface area contributed by atoms with Crippen LogP contribution in [0.5, 0.6) is 0 Å². The SMILES string of the molecule is CCOCCC(=O)O[C@]1(C(=O)CO)CC[C@H]2[C@@H]3C[C@H](C)C4=CC(=O)C=C[C@]4(C)[C@H]3[C@@H](O)C[C@@]21C. The molecular weight excluding hydrogens is 436 g/mol. The maximum absolute atomic E-state index is 13.2. The molecule has 4 aliphatic carbocycles. The molecule has 0 heterocycles. The molecule has 7 nitrogen and oxygen atoms in total. The minimum atomic E-state index is -1.46. The summed E-state index contributed by atoms with van der Waals surface area (Å²) in [4.78, 5) is 38.1. The molecule has 4 rings (SSSR count). The second-order valence-corrected chi connectivity index (χ2v) is 11.1. The smallest absolute Gasteiger partial charge is 0.309 e. The number of ether oxygens (including phenoxy) is 2. The van der Waals surface area contributed by atoms with Crippen molar-refractivity contribution in [2.45, 2.75) is 71.5 Å². The lowest BCUT2D eigenvalue weighted by atomic mass is 9.44. The Morgan fingerprint density at radius 2 is 2.00 bits per heavy atom. The average molecular weight is 475 g/mol. The van der Waals surface area contributed by atoms with E-state index >= 15 is 0 Å². The van der Waals surface area contributed by atoms with Gasteiger partial charge < -0.3 is 19.7 Å². The first-order valence-electron chi connectivity index (χ1n) is 12.6.